The summed E-state index contributed by atoms with van der Waals surface area (Å²) in [4.78, 5) is 13.5. The van der Waals surface area contributed by atoms with Crippen molar-refractivity contribution >= 4 is 17.3 Å². The van der Waals surface area contributed by atoms with Gasteiger partial charge in [0.25, 0.3) is 0 Å². The van der Waals surface area contributed by atoms with Crippen LogP contribution in [-0.2, 0) is 11.3 Å². The van der Waals surface area contributed by atoms with E-state index in [1.165, 1.54) is 4.90 Å². The highest BCUT2D eigenvalue weighted by Gasteiger charge is 2.37. The fourth-order valence-corrected chi connectivity index (χ4v) is 2.52. The van der Waals surface area contributed by atoms with Crippen molar-refractivity contribution in [1.29, 1.82) is 0 Å². The molecule has 1 aliphatic heterocycles. The van der Waals surface area contributed by atoms with Gasteiger partial charge < -0.3 is 16.4 Å². The van der Waals surface area contributed by atoms with Crippen LogP contribution >= 0.6 is 0 Å². The summed E-state index contributed by atoms with van der Waals surface area (Å²) in [6, 6.07) is 7.72. The number of benzene rings is 2. The molecule has 1 amide bonds. The Labute approximate surface area is 120 Å². The van der Waals surface area contributed by atoms with Crippen LogP contribution < -0.4 is 16.4 Å². The van der Waals surface area contributed by atoms with Gasteiger partial charge in [0.15, 0.2) is 0 Å². The van der Waals surface area contributed by atoms with Crippen molar-refractivity contribution in [3.05, 3.63) is 59.2 Å². The number of carbonyl (C=O) groups excluding carboxylic acids is 1. The normalized spacial score (nSPS) is 17.2. The molecule has 108 valence electrons. The fourth-order valence-electron chi connectivity index (χ4n) is 2.52. The first-order valence-corrected chi connectivity index (χ1v) is 6.38. The number of fused-ring (bicyclic) bond motifs is 1. The topological polar surface area (TPSA) is 72.3 Å². The molecule has 0 bridgehead atoms. The van der Waals surface area contributed by atoms with Crippen molar-refractivity contribution in [2.75, 3.05) is 10.6 Å². The molecule has 0 saturated carbocycles. The van der Waals surface area contributed by atoms with Crippen molar-refractivity contribution in [3.63, 3.8) is 0 Å². The largest absolute Gasteiger partial charge is 0.398 e. The average molecular weight is 289 g/mol. The lowest BCUT2D eigenvalue weighted by molar-refractivity contribution is -0.119. The van der Waals surface area contributed by atoms with Crippen molar-refractivity contribution in [2.24, 2.45) is 5.73 Å². The summed E-state index contributed by atoms with van der Waals surface area (Å²) in [6.07, 6.45) is 0. The molecule has 1 atom stereocenters. The van der Waals surface area contributed by atoms with Crippen LogP contribution in [-0.4, -0.2) is 5.91 Å². The Bertz CT molecular complexity index is 733. The zero-order valence-corrected chi connectivity index (χ0v) is 11.0. The summed E-state index contributed by atoms with van der Waals surface area (Å²) in [5, 5.41) is 0. The Morgan fingerprint density at radius 2 is 1.90 bits per heavy atom. The van der Waals surface area contributed by atoms with Crippen LogP contribution in [0.1, 0.15) is 17.2 Å². The Balaban J connectivity index is 2.06. The molecule has 1 unspecified atom stereocenters. The molecule has 6 heteroatoms. The fraction of sp³-hybridized carbons (Fsp3) is 0.133. The molecule has 1 heterocycles. The van der Waals surface area contributed by atoms with Gasteiger partial charge in [-0.1, -0.05) is 18.2 Å². The van der Waals surface area contributed by atoms with Crippen LogP contribution in [0.2, 0.25) is 0 Å². The number of carbonyl (C=O) groups is 1. The first kappa shape index (κ1) is 13.5. The minimum atomic E-state index is -1.12. The van der Waals surface area contributed by atoms with E-state index in [0.717, 1.165) is 12.1 Å². The van der Waals surface area contributed by atoms with E-state index in [0.29, 0.717) is 11.3 Å². The van der Waals surface area contributed by atoms with Gasteiger partial charge in [-0.15, -0.1) is 0 Å². The van der Waals surface area contributed by atoms with Crippen LogP contribution in [0.5, 0.6) is 0 Å². The van der Waals surface area contributed by atoms with Gasteiger partial charge in [-0.3, -0.25) is 4.79 Å². The SMILES string of the molecule is Nc1ccccc1CN1C(=O)C(N)c2c(F)cc(F)cc21. The Morgan fingerprint density at radius 3 is 2.62 bits per heavy atom. The third kappa shape index (κ3) is 2.13. The molecule has 4 N–H and O–H groups in total. The molecule has 0 saturated heterocycles. The molecular formula is C15H13F2N3O. The number of hydrogen-bond acceptors (Lipinski definition) is 3. The maximum absolute atomic E-state index is 13.8. The van der Waals surface area contributed by atoms with Crippen molar-refractivity contribution in [3.8, 4) is 0 Å². The maximum atomic E-state index is 13.8. The molecule has 0 aromatic heterocycles. The van der Waals surface area contributed by atoms with Gasteiger partial charge in [0, 0.05) is 17.3 Å². The van der Waals surface area contributed by atoms with Gasteiger partial charge in [0.05, 0.1) is 12.2 Å². The number of hydrogen-bond donors (Lipinski definition) is 2. The predicted octanol–water partition coefficient (Wildman–Crippen LogP) is 2.09. The standard InChI is InChI=1S/C15H13F2N3O/c16-9-5-10(17)13-12(6-9)20(15(21)14(13)19)7-8-3-1-2-4-11(8)18/h1-6,14H,7,18-19H2. The minimum Gasteiger partial charge on any atom is -0.398 e. The van der Waals surface area contributed by atoms with E-state index in [2.05, 4.69) is 0 Å². The van der Waals surface area contributed by atoms with Gasteiger partial charge in [-0.2, -0.15) is 0 Å². The summed E-state index contributed by atoms with van der Waals surface area (Å²) in [6.45, 7) is 0.120. The first-order valence-electron chi connectivity index (χ1n) is 6.38. The second kappa shape index (κ2) is 4.82. The summed E-state index contributed by atoms with van der Waals surface area (Å²) in [5.41, 5.74) is 13.0. The number of nitrogens with zero attached hydrogens (tertiary/aromatic N) is 1. The Hall–Kier alpha value is -2.47. The van der Waals surface area contributed by atoms with E-state index >= 15 is 0 Å². The average Bonchev–Trinajstić information content (AvgIpc) is 2.66. The Morgan fingerprint density at radius 1 is 1.19 bits per heavy atom. The minimum absolute atomic E-state index is 0.0240. The number of anilines is 2. The summed E-state index contributed by atoms with van der Waals surface area (Å²) in [5.74, 6) is -2.04. The van der Waals surface area contributed by atoms with Crippen LogP contribution in [0, 0.1) is 11.6 Å². The highest BCUT2D eigenvalue weighted by Crippen LogP contribution is 2.38. The molecule has 0 aliphatic carbocycles. The number of nitrogens with two attached hydrogens (primary N) is 2. The van der Waals surface area contributed by atoms with E-state index in [-0.39, 0.29) is 17.8 Å². The zero-order chi connectivity index (χ0) is 15.1. The lowest BCUT2D eigenvalue weighted by Gasteiger charge is -2.18. The van der Waals surface area contributed by atoms with Crippen LogP contribution in [0.4, 0.5) is 20.2 Å². The van der Waals surface area contributed by atoms with Crippen molar-refractivity contribution < 1.29 is 13.6 Å². The van der Waals surface area contributed by atoms with E-state index < -0.39 is 23.6 Å². The number of para-hydroxylation sites is 1. The van der Waals surface area contributed by atoms with Crippen molar-refractivity contribution in [1.82, 2.24) is 0 Å². The van der Waals surface area contributed by atoms with Gasteiger partial charge >= 0.3 is 0 Å². The van der Waals surface area contributed by atoms with E-state index in [4.69, 9.17) is 11.5 Å². The second-order valence-corrected chi connectivity index (χ2v) is 4.92. The van der Waals surface area contributed by atoms with E-state index in [9.17, 15) is 13.6 Å². The molecule has 3 rings (SSSR count). The molecule has 0 radical (unpaired) electrons. The number of halogens is 2. The van der Waals surface area contributed by atoms with Gasteiger partial charge in [0.2, 0.25) is 5.91 Å². The molecule has 21 heavy (non-hydrogen) atoms. The molecule has 2 aromatic carbocycles. The molecular weight excluding hydrogens is 276 g/mol. The molecule has 1 aliphatic rings. The predicted molar refractivity (Wildman–Crippen MR) is 75.3 cm³/mol. The number of rotatable bonds is 2. The number of nitrogen functional groups attached to an aromatic ring is 1. The van der Waals surface area contributed by atoms with Crippen LogP contribution in [0.15, 0.2) is 36.4 Å². The highest BCUT2D eigenvalue weighted by atomic mass is 19.1. The van der Waals surface area contributed by atoms with E-state index in [1.807, 2.05) is 0 Å². The summed E-state index contributed by atoms with van der Waals surface area (Å²) >= 11 is 0. The van der Waals surface area contributed by atoms with Gasteiger partial charge in [-0.05, 0) is 17.7 Å². The maximum Gasteiger partial charge on any atom is 0.249 e. The molecule has 2 aromatic rings. The summed E-state index contributed by atoms with van der Waals surface area (Å²) < 4.78 is 27.3. The smallest absolute Gasteiger partial charge is 0.249 e. The zero-order valence-electron chi connectivity index (χ0n) is 11.0. The Kier molecular flexibility index (Phi) is 3.10. The van der Waals surface area contributed by atoms with Crippen LogP contribution in [0.3, 0.4) is 0 Å². The van der Waals surface area contributed by atoms with Gasteiger partial charge in [-0.25, -0.2) is 8.78 Å². The monoisotopic (exact) mass is 289 g/mol. The third-order valence-corrected chi connectivity index (χ3v) is 3.59. The number of amides is 1. The molecule has 4 nitrogen and oxygen atoms in total. The first-order chi connectivity index (χ1) is 9.99. The van der Waals surface area contributed by atoms with E-state index in [1.54, 1.807) is 24.3 Å². The van der Waals surface area contributed by atoms with Gasteiger partial charge in [0.1, 0.15) is 17.7 Å². The van der Waals surface area contributed by atoms with Crippen LogP contribution in [0.25, 0.3) is 0 Å². The lowest BCUT2D eigenvalue weighted by Crippen LogP contribution is -2.31. The molecule has 0 fully saturated rings. The highest BCUT2D eigenvalue weighted by molar-refractivity contribution is 6.04. The summed E-state index contributed by atoms with van der Waals surface area (Å²) in [7, 11) is 0. The lowest BCUT2D eigenvalue weighted by atomic mass is 10.1. The van der Waals surface area contributed by atoms with Crippen molar-refractivity contribution in [2.45, 2.75) is 12.6 Å². The second-order valence-electron chi connectivity index (χ2n) is 4.92. The quantitative estimate of drug-likeness (QED) is 0.832. The third-order valence-electron chi connectivity index (χ3n) is 3.59. The molecule has 0 spiro atoms.